The Labute approximate surface area is 200 Å². The molecule has 1 saturated heterocycles. The average Bonchev–Trinajstić information content (AvgIpc) is 3.69. The minimum Gasteiger partial charge on any atom is -0.496 e. The van der Waals surface area contributed by atoms with Crippen LogP contribution in [0.1, 0.15) is 48.9 Å². The second kappa shape index (κ2) is 9.35. The number of hydrogen-bond acceptors (Lipinski definition) is 6. The van der Waals surface area contributed by atoms with Gasteiger partial charge >= 0.3 is 0 Å². The van der Waals surface area contributed by atoms with Crippen molar-refractivity contribution in [2.24, 2.45) is 0 Å². The maximum absolute atomic E-state index is 9.39. The Kier molecular flexibility index (Phi) is 6.30. The number of aliphatic hydroxyl groups is 1. The number of nitrogens with zero attached hydrogens (tertiary/aromatic N) is 4. The summed E-state index contributed by atoms with van der Waals surface area (Å²) in [6, 6.07) is 12.4. The van der Waals surface area contributed by atoms with Gasteiger partial charge in [0, 0.05) is 38.0 Å². The molecule has 2 heterocycles. The number of fused-ring (bicyclic) bond motifs is 1. The summed E-state index contributed by atoms with van der Waals surface area (Å²) in [6.45, 7) is 2.46. The number of hydrogen-bond donors (Lipinski definition) is 1. The number of anilines is 2. The monoisotopic (exact) mass is 466 g/mol. The Morgan fingerprint density at radius 3 is 2.55 bits per heavy atom. The third kappa shape index (κ3) is 4.46. The molecule has 6 nitrogen and oxygen atoms in total. The molecular weight excluding hydrogens is 436 g/mol. The summed E-state index contributed by atoms with van der Waals surface area (Å²) >= 11 is 6.63. The molecule has 5 rings (SSSR count). The van der Waals surface area contributed by atoms with Crippen molar-refractivity contribution in [1.82, 2.24) is 9.97 Å². The van der Waals surface area contributed by atoms with Crippen molar-refractivity contribution in [3.05, 3.63) is 52.8 Å². The lowest BCUT2D eigenvalue weighted by Crippen LogP contribution is -2.34. The number of halogens is 1. The summed E-state index contributed by atoms with van der Waals surface area (Å²) in [4.78, 5) is 14.3. The highest BCUT2D eigenvalue weighted by Gasteiger charge is 2.30. The number of methoxy groups -OCH3 is 1. The van der Waals surface area contributed by atoms with Crippen molar-refractivity contribution < 1.29 is 9.84 Å². The van der Waals surface area contributed by atoms with Gasteiger partial charge in [-0.3, -0.25) is 0 Å². The number of aromatic nitrogens is 2. The van der Waals surface area contributed by atoms with Crippen LogP contribution in [0.5, 0.6) is 5.75 Å². The van der Waals surface area contributed by atoms with E-state index in [1.54, 1.807) is 7.11 Å². The van der Waals surface area contributed by atoms with E-state index in [-0.39, 0.29) is 6.61 Å². The second-order valence-electron chi connectivity index (χ2n) is 9.15. The van der Waals surface area contributed by atoms with Crippen LogP contribution in [0.15, 0.2) is 36.4 Å². The lowest BCUT2D eigenvalue weighted by atomic mass is 9.88. The lowest BCUT2D eigenvalue weighted by Gasteiger charge is -2.34. The van der Waals surface area contributed by atoms with Gasteiger partial charge in [0.05, 0.1) is 29.9 Å². The summed E-state index contributed by atoms with van der Waals surface area (Å²) in [6.07, 6.45) is 4.42. The van der Waals surface area contributed by atoms with Gasteiger partial charge in [-0.1, -0.05) is 29.8 Å². The van der Waals surface area contributed by atoms with Crippen molar-refractivity contribution in [1.29, 1.82) is 0 Å². The molecule has 7 heteroatoms. The van der Waals surface area contributed by atoms with E-state index in [4.69, 9.17) is 26.3 Å². The first kappa shape index (κ1) is 22.2. The molecule has 1 aliphatic carbocycles. The third-order valence-electron chi connectivity index (χ3n) is 6.92. The smallest absolute Gasteiger partial charge is 0.140 e. The molecule has 174 valence electrons. The van der Waals surface area contributed by atoms with Crippen LogP contribution in [0.3, 0.4) is 0 Å². The SMILES string of the molecule is COc1ccccc1C1CCN(c2nc(C3CC3)nc3cc(Cl)c(N(C)CCO)cc23)CC1. The zero-order valence-corrected chi connectivity index (χ0v) is 20.1. The number of ether oxygens (including phenoxy) is 1. The largest absolute Gasteiger partial charge is 0.496 e. The van der Waals surface area contributed by atoms with E-state index in [1.165, 1.54) is 5.56 Å². The topological polar surface area (TPSA) is 61.7 Å². The molecule has 1 saturated carbocycles. The van der Waals surface area contributed by atoms with Gasteiger partial charge in [0.15, 0.2) is 0 Å². The lowest BCUT2D eigenvalue weighted by molar-refractivity contribution is 0.304. The van der Waals surface area contributed by atoms with Gasteiger partial charge in [-0.2, -0.15) is 0 Å². The summed E-state index contributed by atoms with van der Waals surface area (Å²) in [5.74, 6) is 3.88. The van der Waals surface area contributed by atoms with Crippen LogP contribution in [0.4, 0.5) is 11.5 Å². The number of benzene rings is 2. The quantitative estimate of drug-likeness (QED) is 0.529. The fourth-order valence-corrected chi connectivity index (χ4v) is 5.18. The predicted octanol–water partition coefficient (Wildman–Crippen LogP) is 4.98. The van der Waals surface area contributed by atoms with Crippen LogP contribution in [0.25, 0.3) is 10.9 Å². The van der Waals surface area contributed by atoms with Crippen LogP contribution >= 0.6 is 11.6 Å². The first-order valence-electron chi connectivity index (χ1n) is 11.8. The van der Waals surface area contributed by atoms with Crippen molar-refractivity contribution in [3.8, 4) is 5.75 Å². The van der Waals surface area contributed by atoms with Gasteiger partial charge in [0.25, 0.3) is 0 Å². The van der Waals surface area contributed by atoms with Crippen molar-refractivity contribution >= 4 is 34.0 Å². The number of piperidine rings is 1. The van der Waals surface area contributed by atoms with E-state index in [0.29, 0.717) is 23.4 Å². The van der Waals surface area contributed by atoms with Gasteiger partial charge in [0.2, 0.25) is 0 Å². The van der Waals surface area contributed by atoms with E-state index in [1.807, 2.05) is 24.1 Å². The van der Waals surface area contributed by atoms with Gasteiger partial charge in [-0.15, -0.1) is 0 Å². The zero-order valence-electron chi connectivity index (χ0n) is 19.3. The van der Waals surface area contributed by atoms with Gasteiger partial charge in [-0.05, 0) is 55.4 Å². The molecule has 2 aliphatic rings. The molecule has 0 unspecified atom stereocenters. The van der Waals surface area contributed by atoms with Gasteiger partial charge in [-0.25, -0.2) is 9.97 Å². The molecular formula is C26H31ClN4O2. The molecule has 0 atom stereocenters. The molecule has 1 aliphatic heterocycles. The number of likely N-dealkylation sites (N-methyl/N-ethyl adjacent to an activating group) is 1. The van der Waals surface area contributed by atoms with Gasteiger partial charge in [0.1, 0.15) is 17.4 Å². The minimum atomic E-state index is 0.0747. The highest BCUT2D eigenvalue weighted by molar-refractivity contribution is 6.34. The molecule has 2 fully saturated rings. The molecule has 33 heavy (non-hydrogen) atoms. The van der Waals surface area contributed by atoms with Crippen LogP contribution in [-0.4, -0.2) is 55.5 Å². The molecule has 3 aromatic rings. The Balaban J connectivity index is 1.48. The molecule has 1 N–H and O–H groups in total. The fourth-order valence-electron chi connectivity index (χ4n) is 4.87. The van der Waals surface area contributed by atoms with E-state index in [9.17, 15) is 5.11 Å². The van der Waals surface area contributed by atoms with Crippen LogP contribution < -0.4 is 14.5 Å². The zero-order chi connectivity index (χ0) is 22.9. The van der Waals surface area contributed by atoms with Crippen molar-refractivity contribution in [3.63, 3.8) is 0 Å². The van der Waals surface area contributed by atoms with E-state index in [2.05, 4.69) is 29.2 Å². The van der Waals surface area contributed by atoms with Crippen LogP contribution in [0.2, 0.25) is 5.02 Å². The van der Waals surface area contributed by atoms with Crippen molar-refractivity contribution in [2.45, 2.75) is 37.5 Å². The highest BCUT2D eigenvalue weighted by atomic mass is 35.5. The van der Waals surface area contributed by atoms with Crippen LogP contribution in [-0.2, 0) is 0 Å². The Hall–Kier alpha value is -2.57. The fraction of sp³-hybridized carbons (Fsp3) is 0.462. The van der Waals surface area contributed by atoms with E-state index < -0.39 is 0 Å². The number of aliphatic hydroxyl groups excluding tert-OH is 1. The third-order valence-corrected chi connectivity index (χ3v) is 7.23. The summed E-state index contributed by atoms with van der Waals surface area (Å²) in [7, 11) is 3.69. The van der Waals surface area contributed by atoms with E-state index >= 15 is 0 Å². The first-order chi connectivity index (χ1) is 16.1. The number of para-hydroxylation sites is 1. The normalized spacial score (nSPS) is 16.9. The Morgan fingerprint density at radius 2 is 1.85 bits per heavy atom. The average molecular weight is 467 g/mol. The highest BCUT2D eigenvalue weighted by Crippen LogP contribution is 2.42. The first-order valence-corrected chi connectivity index (χ1v) is 12.2. The Morgan fingerprint density at radius 1 is 1.09 bits per heavy atom. The standard InChI is InChI=1S/C26H31ClN4O2/c1-30(13-14-32)23-15-20-22(16-21(23)27)28-25(18-7-8-18)29-26(20)31-11-9-17(10-12-31)19-5-3-4-6-24(19)33-2/h3-6,15-18,32H,7-14H2,1-2H3. The molecule has 2 aromatic carbocycles. The summed E-state index contributed by atoms with van der Waals surface area (Å²) < 4.78 is 5.61. The maximum Gasteiger partial charge on any atom is 0.140 e. The summed E-state index contributed by atoms with van der Waals surface area (Å²) in [5.41, 5.74) is 3.09. The number of rotatable bonds is 7. The second-order valence-corrected chi connectivity index (χ2v) is 9.56. The summed E-state index contributed by atoms with van der Waals surface area (Å²) in [5, 5.41) is 11.1. The maximum atomic E-state index is 9.39. The molecule has 0 radical (unpaired) electrons. The van der Waals surface area contributed by atoms with E-state index in [0.717, 1.165) is 72.8 Å². The minimum absolute atomic E-state index is 0.0747. The van der Waals surface area contributed by atoms with Crippen LogP contribution in [0, 0.1) is 0 Å². The molecule has 1 aromatic heterocycles. The predicted molar refractivity (Wildman–Crippen MR) is 134 cm³/mol. The van der Waals surface area contributed by atoms with Crippen molar-refractivity contribution in [2.75, 3.05) is 50.2 Å². The molecule has 0 bridgehead atoms. The van der Waals surface area contributed by atoms with Gasteiger partial charge < -0.3 is 19.6 Å². The molecule has 0 amide bonds. The molecule has 0 spiro atoms. The Bertz CT molecular complexity index is 1140.